The molecule has 0 amide bonds. The van der Waals surface area contributed by atoms with Crippen LogP contribution in [0.25, 0.3) is 0 Å². The molecule has 0 aromatic rings. The molecule has 0 aromatic heterocycles. The highest BCUT2D eigenvalue weighted by molar-refractivity contribution is 5.69. The molecule has 0 radical (unpaired) electrons. The normalized spacial score (nSPS) is 13.0. The van der Waals surface area contributed by atoms with Gasteiger partial charge in [0, 0.05) is 12.8 Å². The average Bonchev–Trinajstić information content (AvgIpc) is 2.97. The average molecular weight is 585 g/mol. The zero-order chi connectivity index (χ0) is 30.8. The first kappa shape index (κ1) is 39.6. The highest BCUT2D eigenvalue weighted by atomic mass is 16.5. The lowest BCUT2D eigenvalue weighted by Crippen LogP contribution is -2.16. The van der Waals surface area contributed by atoms with Crippen molar-refractivity contribution in [3.05, 3.63) is 60.8 Å². The van der Waals surface area contributed by atoms with Crippen molar-refractivity contribution in [1.29, 1.82) is 0 Å². The molecule has 0 aliphatic carbocycles. The van der Waals surface area contributed by atoms with E-state index in [0.29, 0.717) is 6.42 Å². The Balaban J connectivity index is 4.09. The molecule has 0 saturated heterocycles. The van der Waals surface area contributed by atoms with Gasteiger partial charge in [0.15, 0.2) is 0 Å². The van der Waals surface area contributed by atoms with Crippen LogP contribution in [-0.4, -0.2) is 23.1 Å². The van der Waals surface area contributed by atoms with Gasteiger partial charge in [0.05, 0.1) is 0 Å². The maximum absolute atomic E-state index is 12.5. The maximum atomic E-state index is 12.5. The Labute approximate surface area is 259 Å². The minimum absolute atomic E-state index is 0.0888. The first-order valence-corrected chi connectivity index (χ1v) is 17.3. The summed E-state index contributed by atoms with van der Waals surface area (Å²) in [4.78, 5) is 23.2. The van der Waals surface area contributed by atoms with E-state index in [1.807, 2.05) is 0 Å². The van der Waals surface area contributed by atoms with Crippen molar-refractivity contribution in [3.63, 3.8) is 0 Å². The van der Waals surface area contributed by atoms with Crippen LogP contribution in [0.15, 0.2) is 60.8 Å². The summed E-state index contributed by atoms with van der Waals surface area (Å²) < 4.78 is 5.84. The van der Waals surface area contributed by atoms with Crippen molar-refractivity contribution in [2.24, 2.45) is 0 Å². The van der Waals surface area contributed by atoms with Crippen molar-refractivity contribution < 1.29 is 19.4 Å². The Morgan fingerprint density at radius 3 is 1.69 bits per heavy atom. The molecule has 0 heterocycles. The monoisotopic (exact) mass is 584 g/mol. The van der Waals surface area contributed by atoms with Crippen LogP contribution >= 0.6 is 0 Å². The third-order valence-corrected chi connectivity index (χ3v) is 7.21. The quantitative estimate of drug-likeness (QED) is 0.0518. The largest absolute Gasteiger partial charge is 0.481 e. The number of hydrogen-bond acceptors (Lipinski definition) is 3. The number of carboxylic acids is 1. The van der Waals surface area contributed by atoms with E-state index in [4.69, 9.17) is 9.84 Å². The second kappa shape index (κ2) is 33.1. The molecule has 0 spiro atoms. The van der Waals surface area contributed by atoms with E-state index < -0.39 is 5.97 Å². The molecule has 0 aromatic carbocycles. The van der Waals surface area contributed by atoms with Crippen molar-refractivity contribution in [1.82, 2.24) is 0 Å². The van der Waals surface area contributed by atoms with Gasteiger partial charge in [-0.25, -0.2) is 0 Å². The molecule has 0 fully saturated rings. The fourth-order valence-electron chi connectivity index (χ4n) is 4.67. The number of carbonyl (C=O) groups excluding carboxylic acids is 1. The number of allylic oxidation sites excluding steroid dienone is 9. The van der Waals surface area contributed by atoms with Gasteiger partial charge in [0.1, 0.15) is 6.10 Å². The lowest BCUT2D eigenvalue weighted by molar-refractivity contribution is -0.147. The van der Waals surface area contributed by atoms with Crippen LogP contribution < -0.4 is 0 Å². The second-order valence-corrected chi connectivity index (χ2v) is 11.3. The van der Waals surface area contributed by atoms with Gasteiger partial charge in [-0.2, -0.15) is 0 Å². The number of rotatable bonds is 30. The first-order chi connectivity index (χ1) is 20.6. The van der Waals surface area contributed by atoms with Crippen molar-refractivity contribution in [2.45, 2.75) is 168 Å². The first-order valence-electron chi connectivity index (χ1n) is 17.3. The molecule has 4 heteroatoms. The van der Waals surface area contributed by atoms with E-state index in [2.05, 4.69) is 74.6 Å². The number of hydrogen-bond donors (Lipinski definition) is 1. The van der Waals surface area contributed by atoms with Crippen LogP contribution in [0.1, 0.15) is 162 Å². The van der Waals surface area contributed by atoms with Crippen LogP contribution in [0.4, 0.5) is 0 Å². The van der Waals surface area contributed by atoms with E-state index >= 15 is 0 Å². The summed E-state index contributed by atoms with van der Waals surface area (Å²) in [6, 6.07) is 0. The molecule has 0 aliphatic rings. The second-order valence-electron chi connectivity index (χ2n) is 11.3. The van der Waals surface area contributed by atoms with E-state index in [-0.39, 0.29) is 18.5 Å². The summed E-state index contributed by atoms with van der Waals surface area (Å²) in [5, 5.41) is 8.80. The van der Waals surface area contributed by atoms with Gasteiger partial charge in [-0.05, 0) is 83.1 Å². The molecule has 1 N–H and O–H groups in total. The zero-order valence-electron chi connectivity index (χ0n) is 27.3. The molecule has 0 aliphatic heterocycles. The van der Waals surface area contributed by atoms with Crippen LogP contribution in [0.3, 0.4) is 0 Å². The molecule has 4 nitrogen and oxygen atoms in total. The maximum Gasteiger partial charge on any atom is 0.306 e. The molecule has 0 bridgehead atoms. The predicted molar refractivity (Wildman–Crippen MR) is 181 cm³/mol. The minimum atomic E-state index is -0.728. The highest BCUT2D eigenvalue weighted by Gasteiger charge is 2.11. The molecule has 1 atom stereocenters. The van der Waals surface area contributed by atoms with Crippen molar-refractivity contribution in [3.8, 4) is 0 Å². The minimum Gasteiger partial charge on any atom is -0.481 e. The van der Waals surface area contributed by atoms with Gasteiger partial charge in [0.2, 0.25) is 0 Å². The van der Waals surface area contributed by atoms with Gasteiger partial charge >= 0.3 is 11.9 Å². The van der Waals surface area contributed by atoms with Crippen molar-refractivity contribution in [2.75, 3.05) is 0 Å². The summed E-state index contributed by atoms with van der Waals surface area (Å²) in [7, 11) is 0. The van der Waals surface area contributed by atoms with Gasteiger partial charge in [-0.1, -0.05) is 126 Å². The summed E-state index contributed by atoms with van der Waals surface area (Å²) >= 11 is 0. The third-order valence-electron chi connectivity index (χ3n) is 7.21. The summed E-state index contributed by atoms with van der Waals surface area (Å²) in [5.41, 5.74) is 0. The molecule has 240 valence electrons. The molecule has 42 heavy (non-hydrogen) atoms. The lowest BCUT2D eigenvalue weighted by Gasteiger charge is -2.15. The number of esters is 1. The molecular weight excluding hydrogens is 520 g/mol. The molecule has 0 rings (SSSR count). The predicted octanol–water partition coefficient (Wildman–Crippen LogP) is 11.8. The SMILES string of the molecule is CC/C=C\C/C=C\C/C=C\C/C=C\CCCCCCC(=O)OC(/C=C\CCCCCCCC)CCCCCCC(=O)O. The van der Waals surface area contributed by atoms with E-state index in [1.54, 1.807) is 0 Å². The molecule has 1 unspecified atom stereocenters. The zero-order valence-corrected chi connectivity index (χ0v) is 27.3. The number of carbonyl (C=O) groups is 2. The van der Waals surface area contributed by atoms with E-state index in [1.165, 1.54) is 38.5 Å². The number of aliphatic carboxylic acids is 1. The Bertz CT molecular complexity index is 759. The van der Waals surface area contributed by atoms with E-state index in [9.17, 15) is 9.59 Å². The Morgan fingerprint density at radius 2 is 1.07 bits per heavy atom. The standard InChI is InChI=1S/C38H64O4/c1-3-5-7-9-11-13-14-15-16-17-18-19-20-21-23-25-31-35-38(41)42-36(33-29-26-27-30-34-37(39)40)32-28-24-22-12-10-8-6-4-2/h5,7,11,13,15-16,18-19,28,32,36H,3-4,6,8-10,12,14,17,20-27,29-31,33-35H2,1-2H3,(H,39,40)/b7-5-,13-11-,16-15-,19-18-,32-28-. The van der Waals surface area contributed by atoms with Gasteiger partial charge in [-0.3, -0.25) is 9.59 Å². The lowest BCUT2D eigenvalue weighted by atomic mass is 10.1. The summed E-state index contributed by atoms with van der Waals surface area (Å²) in [6.45, 7) is 4.40. The Morgan fingerprint density at radius 1 is 0.571 bits per heavy atom. The van der Waals surface area contributed by atoms with E-state index in [0.717, 1.165) is 96.3 Å². The highest BCUT2D eigenvalue weighted by Crippen LogP contribution is 2.15. The summed E-state index contributed by atoms with van der Waals surface area (Å²) in [5.74, 6) is -0.816. The number of carboxylic acid groups (broad SMARTS) is 1. The molecular formula is C38H64O4. The fourth-order valence-corrected chi connectivity index (χ4v) is 4.67. The Hall–Kier alpha value is -2.36. The van der Waals surface area contributed by atoms with Crippen LogP contribution in [-0.2, 0) is 14.3 Å². The van der Waals surface area contributed by atoms with Gasteiger partial charge < -0.3 is 9.84 Å². The molecule has 0 saturated carbocycles. The van der Waals surface area contributed by atoms with Crippen LogP contribution in [0.5, 0.6) is 0 Å². The number of unbranched alkanes of at least 4 members (excludes halogenated alkanes) is 13. The van der Waals surface area contributed by atoms with Gasteiger partial charge in [0.25, 0.3) is 0 Å². The van der Waals surface area contributed by atoms with Gasteiger partial charge in [-0.15, -0.1) is 0 Å². The van der Waals surface area contributed by atoms with Crippen LogP contribution in [0, 0.1) is 0 Å². The Kier molecular flexibility index (Phi) is 31.3. The van der Waals surface area contributed by atoms with Crippen molar-refractivity contribution >= 4 is 11.9 Å². The topological polar surface area (TPSA) is 63.6 Å². The van der Waals surface area contributed by atoms with Crippen LogP contribution in [0.2, 0.25) is 0 Å². The smallest absolute Gasteiger partial charge is 0.306 e. The third kappa shape index (κ3) is 32.2. The summed E-state index contributed by atoms with van der Waals surface area (Å²) in [6.07, 6.45) is 45.2. The fraction of sp³-hybridized carbons (Fsp3) is 0.684. The number of ether oxygens (including phenoxy) is 1.